The minimum atomic E-state index is -0.179. The summed E-state index contributed by atoms with van der Waals surface area (Å²) < 4.78 is 11.1. The maximum Gasteiger partial charge on any atom is 0.273 e. The molecular weight excluding hydrogens is 390 g/mol. The number of carbonyl (C=O) groups is 1. The number of nitrogens with one attached hydrogen (secondary N) is 1. The predicted octanol–water partition coefficient (Wildman–Crippen LogP) is 4.97. The molecule has 0 bridgehead atoms. The number of rotatable bonds is 6. The van der Waals surface area contributed by atoms with E-state index in [-0.39, 0.29) is 18.0 Å². The third-order valence-electron chi connectivity index (χ3n) is 6.37. The Morgan fingerprint density at radius 2 is 1.87 bits per heavy atom. The van der Waals surface area contributed by atoms with Crippen LogP contribution in [-0.2, 0) is 0 Å². The van der Waals surface area contributed by atoms with Gasteiger partial charge in [0.2, 0.25) is 0 Å². The van der Waals surface area contributed by atoms with Crippen LogP contribution in [0.15, 0.2) is 48.5 Å². The fraction of sp³-hybridized carbons (Fsp3) is 0.360. The smallest absolute Gasteiger partial charge is 0.273 e. The van der Waals surface area contributed by atoms with Crippen LogP contribution in [0.4, 0.5) is 0 Å². The number of methoxy groups -OCH3 is 1. The summed E-state index contributed by atoms with van der Waals surface area (Å²) in [5, 5.41) is 7.62. The molecule has 6 nitrogen and oxygen atoms in total. The maximum absolute atomic E-state index is 13.5. The molecule has 2 heterocycles. The van der Waals surface area contributed by atoms with E-state index in [0.29, 0.717) is 12.3 Å². The average Bonchev–Trinajstić information content (AvgIpc) is 3.52. The zero-order valence-corrected chi connectivity index (χ0v) is 17.9. The Kier molecular flexibility index (Phi) is 5.14. The summed E-state index contributed by atoms with van der Waals surface area (Å²) in [6, 6.07) is 16.0. The van der Waals surface area contributed by atoms with E-state index in [9.17, 15) is 4.79 Å². The molecule has 1 aliphatic carbocycles. The van der Waals surface area contributed by atoms with Crippen LogP contribution in [0.5, 0.6) is 11.5 Å². The second-order valence-corrected chi connectivity index (χ2v) is 8.15. The van der Waals surface area contributed by atoms with Crippen molar-refractivity contribution in [2.45, 2.75) is 44.7 Å². The number of H-pyrrole nitrogens is 1. The Morgan fingerprint density at radius 1 is 1.10 bits per heavy atom. The van der Waals surface area contributed by atoms with Crippen molar-refractivity contribution in [1.82, 2.24) is 15.1 Å². The number of fused-ring (bicyclic) bond motifs is 1. The third-order valence-corrected chi connectivity index (χ3v) is 6.37. The van der Waals surface area contributed by atoms with E-state index in [4.69, 9.17) is 9.47 Å². The predicted molar refractivity (Wildman–Crippen MR) is 118 cm³/mol. The van der Waals surface area contributed by atoms with Crippen molar-refractivity contribution >= 4 is 5.91 Å². The Labute approximate surface area is 182 Å². The first kappa shape index (κ1) is 19.7. The first-order chi connectivity index (χ1) is 15.2. The van der Waals surface area contributed by atoms with Gasteiger partial charge in [0.05, 0.1) is 25.5 Å². The molecule has 5 rings (SSSR count). The van der Waals surface area contributed by atoms with Crippen molar-refractivity contribution < 1.29 is 14.3 Å². The van der Waals surface area contributed by atoms with Crippen LogP contribution in [0.25, 0.3) is 11.3 Å². The normalized spacial score (nSPS) is 18.5. The lowest BCUT2D eigenvalue weighted by Gasteiger charge is -2.32. The molecule has 0 spiro atoms. The number of hydrogen-bond donors (Lipinski definition) is 1. The number of amides is 1. The largest absolute Gasteiger partial charge is 0.497 e. The third kappa shape index (κ3) is 3.36. The number of ether oxygens (including phenoxy) is 2. The highest BCUT2D eigenvalue weighted by Crippen LogP contribution is 2.46. The molecule has 2 aliphatic rings. The fourth-order valence-corrected chi connectivity index (χ4v) is 4.96. The summed E-state index contributed by atoms with van der Waals surface area (Å²) in [6.45, 7) is 2.58. The van der Waals surface area contributed by atoms with E-state index < -0.39 is 0 Å². The molecule has 1 fully saturated rings. The Hall–Kier alpha value is -3.28. The lowest BCUT2D eigenvalue weighted by Crippen LogP contribution is -2.37. The monoisotopic (exact) mass is 417 g/mol. The van der Waals surface area contributed by atoms with E-state index in [1.165, 1.54) is 0 Å². The summed E-state index contributed by atoms with van der Waals surface area (Å²) in [5.74, 6) is 1.66. The number of benzene rings is 2. The molecule has 1 N–H and O–H groups in total. The molecule has 160 valence electrons. The second kappa shape index (κ2) is 8.10. The highest BCUT2D eigenvalue weighted by molar-refractivity contribution is 6.00. The van der Waals surface area contributed by atoms with Crippen molar-refractivity contribution in [1.29, 1.82) is 0 Å². The molecule has 3 aromatic rings. The number of nitrogens with zero attached hydrogens (tertiary/aromatic N) is 2. The molecule has 2 aromatic carbocycles. The minimum absolute atomic E-state index is 0.0426. The van der Waals surface area contributed by atoms with Crippen molar-refractivity contribution in [3.63, 3.8) is 0 Å². The average molecular weight is 418 g/mol. The zero-order chi connectivity index (χ0) is 21.4. The quantitative estimate of drug-likeness (QED) is 0.615. The molecule has 0 radical (unpaired) electrons. The topological polar surface area (TPSA) is 67.5 Å². The van der Waals surface area contributed by atoms with Gasteiger partial charge in [-0.2, -0.15) is 5.10 Å². The highest BCUT2D eigenvalue weighted by atomic mass is 16.5. The van der Waals surface area contributed by atoms with Crippen LogP contribution in [0.1, 0.15) is 60.3 Å². The molecule has 1 unspecified atom stereocenters. The molecular formula is C25H27N3O3. The summed E-state index contributed by atoms with van der Waals surface area (Å²) in [6.07, 6.45) is 4.42. The van der Waals surface area contributed by atoms with Gasteiger partial charge in [0.1, 0.15) is 17.2 Å². The van der Waals surface area contributed by atoms with Crippen LogP contribution in [0.3, 0.4) is 0 Å². The van der Waals surface area contributed by atoms with Gasteiger partial charge in [0, 0.05) is 17.2 Å². The summed E-state index contributed by atoms with van der Waals surface area (Å²) in [5.41, 5.74) is 4.39. The van der Waals surface area contributed by atoms with E-state index in [1.807, 2.05) is 43.3 Å². The fourth-order valence-electron chi connectivity index (χ4n) is 4.96. The summed E-state index contributed by atoms with van der Waals surface area (Å²) in [4.78, 5) is 15.6. The first-order valence-electron chi connectivity index (χ1n) is 11.0. The van der Waals surface area contributed by atoms with E-state index in [0.717, 1.165) is 59.6 Å². The number of aromatic amines is 1. The van der Waals surface area contributed by atoms with Gasteiger partial charge in [-0.15, -0.1) is 0 Å². The summed E-state index contributed by atoms with van der Waals surface area (Å²) >= 11 is 0. The first-order valence-corrected chi connectivity index (χ1v) is 11.0. The van der Waals surface area contributed by atoms with Crippen molar-refractivity contribution in [3.05, 3.63) is 65.4 Å². The standard InChI is InChI=1S/C25H27N3O3/c1-3-31-20-10-6-7-17(15-20)24-21-22(16-11-13-19(30-2)14-12-16)26-27-23(21)25(29)28(24)18-8-4-5-9-18/h6-7,10-15,18,24H,3-5,8-9H2,1-2H3,(H,26,27). The second-order valence-electron chi connectivity index (χ2n) is 8.15. The van der Waals surface area contributed by atoms with Crippen LogP contribution in [0.2, 0.25) is 0 Å². The van der Waals surface area contributed by atoms with E-state index >= 15 is 0 Å². The van der Waals surface area contributed by atoms with E-state index in [1.54, 1.807) is 7.11 Å². The lowest BCUT2D eigenvalue weighted by molar-refractivity contribution is 0.0660. The van der Waals surface area contributed by atoms with Crippen LogP contribution in [-0.4, -0.2) is 40.8 Å². The Morgan fingerprint density at radius 3 is 2.58 bits per heavy atom. The minimum Gasteiger partial charge on any atom is -0.497 e. The molecule has 1 aromatic heterocycles. The van der Waals surface area contributed by atoms with Gasteiger partial charge in [0.15, 0.2) is 0 Å². The molecule has 0 saturated heterocycles. The van der Waals surface area contributed by atoms with Crippen molar-refractivity contribution in [3.8, 4) is 22.8 Å². The SMILES string of the molecule is CCOc1cccc(C2c3c(-c4ccc(OC)cc4)n[nH]c3C(=O)N2C2CCCC2)c1. The van der Waals surface area contributed by atoms with Gasteiger partial charge in [-0.3, -0.25) is 9.89 Å². The van der Waals surface area contributed by atoms with Gasteiger partial charge < -0.3 is 14.4 Å². The van der Waals surface area contributed by atoms with Gasteiger partial charge >= 0.3 is 0 Å². The molecule has 6 heteroatoms. The van der Waals surface area contributed by atoms with Gasteiger partial charge in [0.25, 0.3) is 5.91 Å². The molecule has 1 amide bonds. The summed E-state index contributed by atoms with van der Waals surface area (Å²) in [7, 11) is 1.65. The molecule has 31 heavy (non-hydrogen) atoms. The van der Waals surface area contributed by atoms with Crippen LogP contribution in [0, 0.1) is 0 Å². The van der Waals surface area contributed by atoms with Gasteiger partial charge in [-0.25, -0.2) is 0 Å². The maximum atomic E-state index is 13.5. The number of aromatic nitrogens is 2. The van der Waals surface area contributed by atoms with E-state index in [2.05, 4.69) is 27.2 Å². The van der Waals surface area contributed by atoms with Gasteiger partial charge in [-0.05, 0) is 61.7 Å². The molecule has 1 saturated carbocycles. The number of carbonyl (C=O) groups excluding carboxylic acids is 1. The molecule has 1 atom stereocenters. The van der Waals surface area contributed by atoms with Crippen molar-refractivity contribution in [2.75, 3.05) is 13.7 Å². The zero-order valence-electron chi connectivity index (χ0n) is 17.9. The number of hydrogen-bond acceptors (Lipinski definition) is 4. The van der Waals surface area contributed by atoms with Crippen LogP contribution >= 0.6 is 0 Å². The lowest BCUT2D eigenvalue weighted by atomic mass is 9.95. The molecule has 1 aliphatic heterocycles. The Balaban J connectivity index is 1.64. The highest BCUT2D eigenvalue weighted by Gasteiger charge is 2.45. The van der Waals surface area contributed by atoms with Gasteiger partial charge in [-0.1, -0.05) is 25.0 Å². The van der Waals surface area contributed by atoms with Crippen LogP contribution < -0.4 is 9.47 Å². The Bertz CT molecular complexity index is 1080. The van der Waals surface area contributed by atoms with Crippen molar-refractivity contribution in [2.24, 2.45) is 0 Å².